The quantitative estimate of drug-likeness (QED) is 0.402. The van der Waals surface area contributed by atoms with Crippen molar-refractivity contribution < 1.29 is 28.2 Å². The number of amides is 2. The molecular weight excluding hydrogens is 465 g/mol. The molecule has 0 aliphatic carbocycles. The number of ether oxygens (including phenoxy) is 3. The molecular formula is C27H22FN3O5. The zero-order valence-electron chi connectivity index (χ0n) is 19.3. The Balaban J connectivity index is 1.30. The zero-order valence-corrected chi connectivity index (χ0v) is 19.3. The lowest BCUT2D eigenvalue weighted by Crippen LogP contribution is -2.52. The number of anilines is 2. The number of nitrogens with one attached hydrogen (secondary N) is 1. The number of morpholine rings is 1. The van der Waals surface area contributed by atoms with Gasteiger partial charge in [-0.05, 0) is 42.5 Å². The number of methoxy groups -OCH3 is 1. The number of halogens is 1. The van der Waals surface area contributed by atoms with E-state index in [0.717, 1.165) is 6.07 Å². The van der Waals surface area contributed by atoms with E-state index in [2.05, 4.69) is 10.3 Å². The Morgan fingerprint density at radius 3 is 2.69 bits per heavy atom. The molecule has 0 saturated carbocycles. The van der Waals surface area contributed by atoms with E-state index >= 15 is 0 Å². The van der Waals surface area contributed by atoms with Crippen LogP contribution in [0.1, 0.15) is 0 Å². The van der Waals surface area contributed by atoms with Gasteiger partial charge in [0.05, 0.1) is 19.2 Å². The molecule has 0 bridgehead atoms. The number of hydrogen-bond acceptors (Lipinski definition) is 6. The van der Waals surface area contributed by atoms with Crippen LogP contribution in [0.2, 0.25) is 0 Å². The average molecular weight is 487 g/mol. The van der Waals surface area contributed by atoms with Crippen LogP contribution in [-0.4, -0.2) is 43.2 Å². The summed E-state index contributed by atoms with van der Waals surface area (Å²) in [5.74, 6) is -0.815. The number of fused-ring (bicyclic) bond motifs is 1. The highest BCUT2D eigenvalue weighted by Crippen LogP contribution is 2.33. The fourth-order valence-electron chi connectivity index (χ4n) is 3.94. The summed E-state index contributed by atoms with van der Waals surface area (Å²) < 4.78 is 31.3. The SMILES string of the molecule is COc1ccc2c(Oc3ccc(NC(=O)C4OCCN(c5ccccc5)C4=O)cc3F)ccnc2c1. The minimum absolute atomic E-state index is 0.0310. The second-order valence-electron chi connectivity index (χ2n) is 8.00. The van der Waals surface area contributed by atoms with Crippen LogP contribution in [0.25, 0.3) is 10.9 Å². The number of hydrogen-bond donors (Lipinski definition) is 1. The third-order valence-electron chi connectivity index (χ3n) is 5.72. The van der Waals surface area contributed by atoms with Crippen molar-refractivity contribution >= 4 is 34.1 Å². The van der Waals surface area contributed by atoms with Crippen molar-refractivity contribution in [2.75, 3.05) is 30.5 Å². The molecule has 5 rings (SSSR count). The first-order valence-electron chi connectivity index (χ1n) is 11.2. The molecule has 1 atom stereocenters. The number of aromatic nitrogens is 1. The molecule has 4 aromatic rings. The Morgan fingerprint density at radius 1 is 1.08 bits per heavy atom. The first kappa shape index (κ1) is 23.3. The van der Waals surface area contributed by atoms with E-state index in [1.807, 2.05) is 18.2 Å². The lowest BCUT2D eigenvalue weighted by molar-refractivity contribution is -0.143. The third-order valence-corrected chi connectivity index (χ3v) is 5.72. The summed E-state index contributed by atoms with van der Waals surface area (Å²) in [6, 6.07) is 20.0. The molecule has 0 radical (unpaired) electrons. The van der Waals surface area contributed by atoms with Crippen molar-refractivity contribution in [3.05, 3.63) is 84.8 Å². The Morgan fingerprint density at radius 2 is 1.92 bits per heavy atom. The normalized spacial score (nSPS) is 15.6. The van der Waals surface area contributed by atoms with Crippen LogP contribution in [0.15, 0.2) is 79.0 Å². The maximum atomic E-state index is 14.9. The van der Waals surface area contributed by atoms with E-state index in [1.54, 1.807) is 49.7 Å². The summed E-state index contributed by atoms with van der Waals surface area (Å²) in [4.78, 5) is 31.4. The van der Waals surface area contributed by atoms with E-state index in [9.17, 15) is 14.0 Å². The Labute approximate surface area is 206 Å². The number of rotatable bonds is 6. The highest BCUT2D eigenvalue weighted by atomic mass is 19.1. The Kier molecular flexibility index (Phi) is 6.46. The molecule has 1 saturated heterocycles. The van der Waals surface area contributed by atoms with Crippen LogP contribution in [0.5, 0.6) is 17.2 Å². The summed E-state index contributed by atoms with van der Waals surface area (Å²) in [5, 5.41) is 3.24. The fraction of sp³-hybridized carbons (Fsp3) is 0.148. The molecule has 2 heterocycles. The maximum absolute atomic E-state index is 14.9. The molecule has 9 heteroatoms. The second kappa shape index (κ2) is 10.0. The van der Waals surface area contributed by atoms with Crippen molar-refractivity contribution in [3.8, 4) is 17.2 Å². The molecule has 1 unspecified atom stereocenters. The third kappa shape index (κ3) is 4.69. The highest BCUT2D eigenvalue weighted by molar-refractivity contribution is 6.14. The largest absolute Gasteiger partial charge is 0.497 e. The van der Waals surface area contributed by atoms with Crippen molar-refractivity contribution in [2.24, 2.45) is 0 Å². The molecule has 8 nitrogen and oxygen atoms in total. The Bertz CT molecular complexity index is 1430. The molecule has 1 aliphatic rings. The van der Waals surface area contributed by atoms with Crippen LogP contribution >= 0.6 is 0 Å². The van der Waals surface area contributed by atoms with Crippen LogP contribution in [0.3, 0.4) is 0 Å². The molecule has 3 aromatic carbocycles. The van der Waals surface area contributed by atoms with Gasteiger partial charge in [-0.2, -0.15) is 0 Å². The van der Waals surface area contributed by atoms with Crippen molar-refractivity contribution in [1.29, 1.82) is 0 Å². The lowest BCUT2D eigenvalue weighted by atomic mass is 10.2. The first-order chi connectivity index (χ1) is 17.5. The minimum atomic E-state index is -1.34. The van der Waals surface area contributed by atoms with Gasteiger partial charge < -0.3 is 24.4 Å². The number of para-hydroxylation sites is 1. The predicted molar refractivity (Wildman–Crippen MR) is 132 cm³/mol. The molecule has 1 aliphatic heterocycles. The van der Waals surface area contributed by atoms with E-state index < -0.39 is 23.7 Å². The highest BCUT2D eigenvalue weighted by Gasteiger charge is 2.36. The number of benzene rings is 3. The van der Waals surface area contributed by atoms with Crippen molar-refractivity contribution in [2.45, 2.75) is 6.10 Å². The van der Waals surface area contributed by atoms with Gasteiger partial charge in [-0.15, -0.1) is 0 Å². The maximum Gasteiger partial charge on any atom is 0.266 e. The first-order valence-corrected chi connectivity index (χ1v) is 11.2. The summed E-state index contributed by atoms with van der Waals surface area (Å²) in [6.45, 7) is 0.537. The van der Waals surface area contributed by atoms with Crippen LogP contribution < -0.4 is 19.7 Å². The van der Waals surface area contributed by atoms with Gasteiger partial charge in [-0.25, -0.2) is 4.39 Å². The number of nitrogens with zero attached hydrogens (tertiary/aromatic N) is 2. The summed E-state index contributed by atoms with van der Waals surface area (Å²) in [7, 11) is 1.56. The van der Waals surface area contributed by atoms with Gasteiger partial charge in [0.1, 0.15) is 11.5 Å². The van der Waals surface area contributed by atoms with E-state index in [4.69, 9.17) is 14.2 Å². The van der Waals surface area contributed by atoms with Gasteiger partial charge in [0.15, 0.2) is 11.6 Å². The summed E-state index contributed by atoms with van der Waals surface area (Å²) in [5.41, 5.74) is 1.48. The number of carbonyl (C=O) groups is 2. The van der Waals surface area contributed by atoms with Crippen LogP contribution in [0.4, 0.5) is 15.8 Å². The van der Waals surface area contributed by atoms with E-state index in [-0.39, 0.29) is 18.0 Å². The summed E-state index contributed by atoms with van der Waals surface area (Å²) >= 11 is 0. The van der Waals surface area contributed by atoms with E-state index in [1.165, 1.54) is 17.0 Å². The van der Waals surface area contributed by atoms with Crippen LogP contribution in [-0.2, 0) is 14.3 Å². The standard InChI is InChI=1S/C27H22FN3O5/c1-34-19-8-9-20-22(16-19)29-12-11-23(20)36-24-10-7-17(15-21(24)28)30-26(32)25-27(33)31(13-14-35-25)18-5-3-2-4-6-18/h2-12,15-16,25H,13-14H2,1H3,(H,30,32). The molecule has 1 fully saturated rings. The second-order valence-corrected chi connectivity index (χ2v) is 8.00. The Hall–Kier alpha value is -4.50. The van der Waals surface area contributed by atoms with Gasteiger partial charge in [0.2, 0.25) is 6.10 Å². The van der Waals surface area contributed by atoms with Crippen LogP contribution in [0, 0.1) is 5.82 Å². The molecule has 2 amide bonds. The molecule has 0 spiro atoms. The van der Waals surface area contributed by atoms with Gasteiger partial charge >= 0.3 is 0 Å². The minimum Gasteiger partial charge on any atom is -0.497 e. The number of carbonyl (C=O) groups excluding carboxylic acids is 2. The fourth-order valence-corrected chi connectivity index (χ4v) is 3.94. The molecule has 1 N–H and O–H groups in total. The lowest BCUT2D eigenvalue weighted by Gasteiger charge is -2.31. The predicted octanol–water partition coefficient (Wildman–Crippen LogP) is 4.55. The summed E-state index contributed by atoms with van der Waals surface area (Å²) in [6.07, 6.45) is 0.224. The monoisotopic (exact) mass is 487 g/mol. The van der Waals surface area contributed by atoms with Crippen molar-refractivity contribution in [1.82, 2.24) is 4.98 Å². The van der Waals surface area contributed by atoms with Gasteiger partial charge in [0.25, 0.3) is 11.8 Å². The molecule has 182 valence electrons. The average Bonchev–Trinajstić information content (AvgIpc) is 2.90. The topological polar surface area (TPSA) is 90.0 Å². The molecule has 1 aromatic heterocycles. The van der Waals surface area contributed by atoms with Gasteiger partial charge in [0, 0.05) is 41.6 Å². The van der Waals surface area contributed by atoms with Crippen molar-refractivity contribution in [3.63, 3.8) is 0 Å². The zero-order chi connectivity index (χ0) is 25.1. The number of pyridine rings is 1. The van der Waals surface area contributed by atoms with Gasteiger partial charge in [-0.3, -0.25) is 14.6 Å². The van der Waals surface area contributed by atoms with E-state index in [0.29, 0.717) is 34.6 Å². The smallest absolute Gasteiger partial charge is 0.266 e. The van der Waals surface area contributed by atoms with Gasteiger partial charge in [-0.1, -0.05) is 18.2 Å². The molecule has 36 heavy (non-hydrogen) atoms.